The van der Waals surface area contributed by atoms with Crippen molar-refractivity contribution in [2.24, 2.45) is 5.92 Å². The number of nitrogens with one attached hydrogen (secondary N) is 1. The van der Waals surface area contributed by atoms with Crippen LogP contribution >= 0.6 is 0 Å². The van der Waals surface area contributed by atoms with Gasteiger partial charge in [0.15, 0.2) is 11.5 Å². The van der Waals surface area contributed by atoms with Gasteiger partial charge in [0.05, 0.1) is 0 Å². The summed E-state index contributed by atoms with van der Waals surface area (Å²) in [5, 5.41) is 3.62. The van der Waals surface area contributed by atoms with Gasteiger partial charge < -0.3 is 19.5 Å². The van der Waals surface area contributed by atoms with E-state index in [-0.39, 0.29) is 0 Å². The molecule has 0 radical (unpaired) electrons. The van der Waals surface area contributed by atoms with Gasteiger partial charge in [-0.15, -0.1) is 0 Å². The number of fused-ring (bicyclic) bond motifs is 1. The Morgan fingerprint density at radius 3 is 2.60 bits per heavy atom. The van der Waals surface area contributed by atoms with Crippen molar-refractivity contribution in [2.75, 3.05) is 33.0 Å². The predicted molar refractivity (Wildman–Crippen MR) is 77.4 cm³/mol. The maximum absolute atomic E-state index is 5.70. The Morgan fingerprint density at radius 1 is 1.10 bits per heavy atom. The molecular formula is C16H23NO3. The summed E-state index contributed by atoms with van der Waals surface area (Å²) in [6.07, 6.45) is 2.23. The number of hydrogen-bond donors (Lipinski definition) is 1. The quantitative estimate of drug-likeness (QED) is 0.918. The largest absolute Gasteiger partial charge is 0.486 e. The Kier molecular flexibility index (Phi) is 4.43. The summed E-state index contributed by atoms with van der Waals surface area (Å²) in [4.78, 5) is 0. The molecule has 110 valence electrons. The Morgan fingerprint density at radius 2 is 1.85 bits per heavy atom. The molecule has 2 heterocycles. The van der Waals surface area contributed by atoms with Crippen molar-refractivity contribution >= 4 is 0 Å². The van der Waals surface area contributed by atoms with Gasteiger partial charge in [0.2, 0.25) is 0 Å². The van der Waals surface area contributed by atoms with E-state index in [0.29, 0.717) is 25.2 Å². The monoisotopic (exact) mass is 277 g/mol. The Labute approximate surface area is 120 Å². The highest BCUT2D eigenvalue weighted by Gasteiger charge is 2.26. The highest BCUT2D eigenvalue weighted by Crippen LogP contribution is 2.36. The molecule has 1 N–H and O–H groups in total. The van der Waals surface area contributed by atoms with Crippen molar-refractivity contribution in [1.82, 2.24) is 5.32 Å². The number of benzene rings is 1. The molecule has 1 aromatic carbocycles. The molecule has 1 fully saturated rings. The molecule has 2 aliphatic rings. The van der Waals surface area contributed by atoms with Crippen molar-refractivity contribution < 1.29 is 14.2 Å². The SMILES string of the molecule is CCNC(c1ccc2c(c1)OCCO2)C1CCOCC1. The van der Waals surface area contributed by atoms with Crippen molar-refractivity contribution in [1.29, 1.82) is 0 Å². The van der Waals surface area contributed by atoms with Gasteiger partial charge >= 0.3 is 0 Å². The first kappa shape index (κ1) is 13.7. The molecular weight excluding hydrogens is 254 g/mol. The normalized spacial score (nSPS) is 20.6. The lowest BCUT2D eigenvalue weighted by Gasteiger charge is -2.32. The highest BCUT2D eigenvalue weighted by molar-refractivity contribution is 5.44. The van der Waals surface area contributed by atoms with Crippen LogP contribution in [-0.4, -0.2) is 33.0 Å². The lowest BCUT2D eigenvalue weighted by atomic mass is 9.87. The third kappa shape index (κ3) is 2.91. The molecule has 0 aliphatic carbocycles. The van der Waals surface area contributed by atoms with E-state index in [1.54, 1.807) is 0 Å². The third-order valence-corrected chi connectivity index (χ3v) is 4.09. The standard InChI is InChI=1S/C16H23NO3/c1-2-17-16(12-5-7-18-8-6-12)13-3-4-14-15(11-13)20-10-9-19-14/h3-4,11-12,16-17H,2,5-10H2,1H3. The molecule has 0 saturated carbocycles. The first-order valence-electron chi connectivity index (χ1n) is 7.59. The van der Waals surface area contributed by atoms with Gasteiger partial charge in [0.1, 0.15) is 13.2 Å². The van der Waals surface area contributed by atoms with Crippen LogP contribution in [0.3, 0.4) is 0 Å². The molecule has 3 rings (SSSR count). The van der Waals surface area contributed by atoms with Crippen LogP contribution in [0.1, 0.15) is 31.4 Å². The lowest BCUT2D eigenvalue weighted by Crippen LogP contribution is -2.32. The maximum atomic E-state index is 5.70. The molecule has 0 bridgehead atoms. The first-order valence-corrected chi connectivity index (χ1v) is 7.59. The van der Waals surface area contributed by atoms with E-state index in [1.165, 1.54) is 5.56 Å². The van der Waals surface area contributed by atoms with Crippen LogP contribution in [0.5, 0.6) is 11.5 Å². The van der Waals surface area contributed by atoms with Crippen molar-refractivity contribution in [2.45, 2.75) is 25.8 Å². The van der Waals surface area contributed by atoms with E-state index in [0.717, 1.165) is 44.1 Å². The molecule has 4 nitrogen and oxygen atoms in total. The second-order valence-corrected chi connectivity index (χ2v) is 5.39. The van der Waals surface area contributed by atoms with Crippen LogP contribution in [0.15, 0.2) is 18.2 Å². The van der Waals surface area contributed by atoms with Crippen molar-refractivity contribution in [3.8, 4) is 11.5 Å². The molecule has 0 amide bonds. The van der Waals surface area contributed by atoms with Gasteiger partial charge in [-0.1, -0.05) is 13.0 Å². The Balaban J connectivity index is 1.82. The van der Waals surface area contributed by atoms with Crippen LogP contribution in [0, 0.1) is 5.92 Å². The van der Waals surface area contributed by atoms with Crippen LogP contribution in [0.25, 0.3) is 0 Å². The van der Waals surface area contributed by atoms with Crippen molar-refractivity contribution in [3.05, 3.63) is 23.8 Å². The molecule has 1 atom stereocenters. The predicted octanol–water partition coefficient (Wildman–Crippen LogP) is 2.54. The minimum Gasteiger partial charge on any atom is -0.486 e. The van der Waals surface area contributed by atoms with E-state index in [4.69, 9.17) is 14.2 Å². The fraction of sp³-hybridized carbons (Fsp3) is 0.625. The minimum atomic E-state index is 0.375. The summed E-state index contributed by atoms with van der Waals surface area (Å²) in [5.74, 6) is 2.37. The molecule has 1 aromatic rings. The number of rotatable bonds is 4. The van der Waals surface area contributed by atoms with E-state index >= 15 is 0 Å². The topological polar surface area (TPSA) is 39.7 Å². The van der Waals surface area contributed by atoms with Crippen LogP contribution in [0.4, 0.5) is 0 Å². The summed E-state index contributed by atoms with van der Waals surface area (Å²) >= 11 is 0. The van der Waals surface area contributed by atoms with Gasteiger partial charge in [-0.05, 0) is 43.0 Å². The zero-order valence-corrected chi connectivity index (χ0v) is 12.1. The second kappa shape index (κ2) is 6.46. The Hall–Kier alpha value is -1.26. The van der Waals surface area contributed by atoms with Crippen LogP contribution in [0.2, 0.25) is 0 Å². The summed E-state index contributed by atoms with van der Waals surface area (Å²) in [5.41, 5.74) is 1.29. The average Bonchev–Trinajstić information content (AvgIpc) is 2.53. The van der Waals surface area contributed by atoms with Gasteiger partial charge in [0, 0.05) is 19.3 Å². The average molecular weight is 277 g/mol. The first-order chi connectivity index (χ1) is 9.88. The molecule has 20 heavy (non-hydrogen) atoms. The van der Waals surface area contributed by atoms with Gasteiger partial charge in [-0.25, -0.2) is 0 Å². The molecule has 0 spiro atoms. The highest BCUT2D eigenvalue weighted by atomic mass is 16.6. The second-order valence-electron chi connectivity index (χ2n) is 5.39. The summed E-state index contributed by atoms with van der Waals surface area (Å²) < 4.78 is 16.8. The molecule has 1 saturated heterocycles. The molecule has 4 heteroatoms. The van der Waals surface area contributed by atoms with Crippen LogP contribution in [-0.2, 0) is 4.74 Å². The molecule has 2 aliphatic heterocycles. The van der Waals surface area contributed by atoms with Crippen LogP contribution < -0.4 is 14.8 Å². The summed E-state index contributed by atoms with van der Waals surface area (Å²) in [6.45, 7) is 6.15. The van der Waals surface area contributed by atoms with Crippen molar-refractivity contribution in [3.63, 3.8) is 0 Å². The number of hydrogen-bond acceptors (Lipinski definition) is 4. The number of ether oxygens (including phenoxy) is 3. The smallest absolute Gasteiger partial charge is 0.161 e. The minimum absolute atomic E-state index is 0.375. The van der Waals surface area contributed by atoms with E-state index in [1.807, 2.05) is 6.07 Å². The van der Waals surface area contributed by atoms with Gasteiger partial charge in [-0.2, -0.15) is 0 Å². The summed E-state index contributed by atoms with van der Waals surface area (Å²) in [7, 11) is 0. The molecule has 0 aromatic heterocycles. The zero-order chi connectivity index (χ0) is 13.8. The zero-order valence-electron chi connectivity index (χ0n) is 12.1. The van der Waals surface area contributed by atoms with Gasteiger partial charge in [0.25, 0.3) is 0 Å². The third-order valence-electron chi connectivity index (χ3n) is 4.09. The Bertz CT molecular complexity index is 443. The lowest BCUT2D eigenvalue weighted by molar-refractivity contribution is 0.0537. The van der Waals surface area contributed by atoms with E-state index in [9.17, 15) is 0 Å². The van der Waals surface area contributed by atoms with E-state index < -0.39 is 0 Å². The fourth-order valence-electron chi connectivity index (χ4n) is 3.08. The maximum Gasteiger partial charge on any atom is 0.161 e. The molecule has 1 unspecified atom stereocenters. The summed E-state index contributed by atoms with van der Waals surface area (Å²) in [6, 6.07) is 6.71. The van der Waals surface area contributed by atoms with Gasteiger partial charge in [-0.3, -0.25) is 0 Å². The van der Waals surface area contributed by atoms with E-state index in [2.05, 4.69) is 24.4 Å². The fourth-order valence-corrected chi connectivity index (χ4v) is 3.08.